The number of methoxy groups -OCH3 is 1. The van der Waals surface area contributed by atoms with Gasteiger partial charge in [-0.05, 0) is 51.6 Å². The number of hydrogen-bond acceptors (Lipinski definition) is 6. The number of benzene rings is 1. The predicted molar refractivity (Wildman–Crippen MR) is 105 cm³/mol. The fraction of sp³-hybridized carbons (Fsp3) is 0.429. The van der Waals surface area contributed by atoms with Gasteiger partial charge in [0.25, 0.3) is 0 Å². The van der Waals surface area contributed by atoms with Gasteiger partial charge in [0.05, 0.1) is 26.2 Å². The molecule has 1 aromatic heterocycles. The molecule has 0 aliphatic carbocycles. The van der Waals surface area contributed by atoms with Gasteiger partial charge in [-0.15, -0.1) is 0 Å². The molecule has 0 spiro atoms. The Balaban J connectivity index is 1.79. The second kappa shape index (κ2) is 9.94. The lowest BCUT2D eigenvalue weighted by molar-refractivity contribution is -0.125. The van der Waals surface area contributed by atoms with Crippen molar-refractivity contribution in [3.05, 3.63) is 53.0 Å². The van der Waals surface area contributed by atoms with Gasteiger partial charge in [-0.25, -0.2) is 4.79 Å². The molecule has 7 nitrogen and oxygen atoms in total. The standard InChI is InChI=1S/C21H28N2O5/c1-14-7-6-8-17(11-14)27-10-9-22-20(24)15(2)23(4)13-18-12-19(16(3)28-18)21(25)26-5/h6-8,11-12,15H,9-10,13H2,1-5H3,(H,22,24). The van der Waals surface area contributed by atoms with Crippen LogP contribution < -0.4 is 10.1 Å². The molecule has 0 aliphatic rings. The summed E-state index contributed by atoms with van der Waals surface area (Å²) in [7, 11) is 3.15. The van der Waals surface area contributed by atoms with Crippen molar-refractivity contribution in [2.24, 2.45) is 0 Å². The molecule has 0 bridgehead atoms. The van der Waals surface area contributed by atoms with E-state index in [9.17, 15) is 9.59 Å². The lowest BCUT2D eigenvalue weighted by atomic mass is 10.2. The van der Waals surface area contributed by atoms with Crippen molar-refractivity contribution in [3.8, 4) is 5.75 Å². The van der Waals surface area contributed by atoms with Crippen LogP contribution in [-0.4, -0.2) is 50.1 Å². The van der Waals surface area contributed by atoms with Gasteiger partial charge in [0.2, 0.25) is 5.91 Å². The van der Waals surface area contributed by atoms with Gasteiger partial charge in [-0.1, -0.05) is 12.1 Å². The minimum absolute atomic E-state index is 0.105. The molecule has 1 unspecified atom stereocenters. The highest BCUT2D eigenvalue weighted by Crippen LogP contribution is 2.17. The zero-order chi connectivity index (χ0) is 20.7. The predicted octanol–water partition coefficient (Wildman–Crippen LogP) is 2.70. The molecule has 0 fully saturated rings. The summed E-state index contributed by atoms with van der Waals surface area (Å²) in [6.07, 6.45) is 0. The molecule has 1 N–H and O–H groups in total. The number of carbonyl (C=O) groups excluding carboxylic acids is 2. The van der Waals surface area contributed by atoms with E-state index in [4.69, 9.17) is 13.9 Å². The first kappa shape index (κ1) is 21.5. The van der Waals surface area contributed by atoms with Crippen molar-refractivity contribution >= 4 is 11.9 Å². The zero-order valence-corrected chi connectivity index (χ0v) is 17.1. The highest BCUT2D eigenvalue weighted by Gasteiger charge is 2.21. The van der Waals surface area contributed by atoms with E-state index >= 15 is 0 Å². The fourth-order valence-corrected chi connectivity index (χ4v) is 2.71. The number of aryl methyl sites for hydroxylation is 2. The van der Waals surface area contributed by atoms with Gasteiger partial charge in [0.15, 0.2) is 0 Å². The van der Waals surface area contributed by atoms with Crippen LogP contribution in [0.2, 0.25) is 0 Å². The van der Waals surface area contributed by atoms with Crippen LogP contribution in [-0.2, 0) is 16.1 Å². The van der Waals surface area contributed by atoms with Gasteiger partial charge >= 0.3 is 5.97 Å². The van der Waals surface area contributed by atoms with Gasteiger partial charge in [-0.3, -0.25) is 9.69 Å². The first-order valence-electron chi connectivity index (χ1n) is 9.17. The highest BCUT2D eigenvalue weighted by atomic mass is 16.5. The highest BCUT2D eigenvalue weighted by molar-refractivity contribution is 5.90. The molecule has 1 atom stereocenters. The average molecular weight is 388 g/mol. The van der Waals surface area contributed by atoms with Crippen LogP contribution >= 0.6 is 0 Å². The molecule has 1 amide bonds. The van der Waals surface area contributed by atoms with E-state index in [-0.39, 0.29) is 11.9 Å². The SMILES string of the molecule is COC(=O)c1cc(CN(C)C(C)C(=O)NCCOc2cccc(C)c2)oc1C. The molecular formula is C21H28N2O5. The summed E-state index contributed by atoms with van der Waals surface area (Å²) in [6, 6.07) is 9.05. The molecule has 0 radical (unpaired) electrons. The van der Waals surface area contributed by atoms with E-state index in [2.05, 4.69) is 5.32 Å². The number of ether oxygens (including phenoxy) is 2. The zero-order valence-electron chi connectivity index (χ0n) is 17.1. The quantitative estimate of drug-likeness (QED) is 0.525. The summed E-state index contributed by atoms with van der Waals surface area (Å²) in [5.41, 5.74) is 1.52. The average Bonchev–Trinajstić information content (AvgIpc) is 3.03. The molecule has 1 aromatic carbocycles. The number of amides is 1. The molecule has 7 heteroatoms. The number of hydrogen-bond donors (Lipinski definition) is 1. The maximum Gasteiger partial charge on any atom is 0.341 e. The minimum atomic E-state index is -0.436. The summed E-state index contributed by atoms with van der Waals surface area (Å²) in [5.74, 6) is 1.35. The number of esters is 1. The summed E-state index contributed by atoms with van der Waals surface area (Å²) >= 11 is 0. The van der Waals surface area contributed by atoms with Crippen LogP contribution in [0.15, 0.2) is 34.7 Å². The Morgan fingerprint density at radius 3 is 2.68 bits per heavy atom. The summed E-state index contributed by atoms with van der Waals surface area (Å²) in [5, 5.41) is 2.87. The van der Waals surface area contributed by atoms with Crippen LogP contribution in [0.1, 0.15) is 34.4 Å². The second-order valence-corrected chi connectivity index (χ2v) is 6.72. The fourth-order valence-electron chi connectivity index (χ4n) is 2.71. The number of nitrogens with zero attached hydrogens (tertiary/aromatic N) is 1. The molecule has 0 aliphatic heterocycles. The number of rotatable bonds is 9. The Labute approximate surface area is 165 Å². The monoisotopic (exact) mass is 388 g/mol. The molecule has 28 heavy (non-hydrogen) atoms. The first-order chi connectivity index (χ1) is 13.3. The molecule has 2 rings (SSSR count). The first-order valence-corrected chi connectivity index (χ1v) is 9.17. The summed E-state index contributed by atoms with van der Waals surface area (Å²) < 4.78 is 16.0. The summed E-state index contributed by atoms with van der Waals surface area (Å²) in [6.45, 7) is 6.73. The van der Waals surface area contributed by atoms with Crippen molar-refractivity contribution in [2.45, 2.75) is 33.4 Å². The number of nitrogens with one attached hydrogen (secondary N) is 1. The Morgan fingerprint density at radius 2 is 2.00 bits per heavy atom. The largest absolute Gasteiger partial charge is 0.492 e. The van der Waals surface area contributed by atoms with E-state index in [1.165, 1.54) is 7.11 Å². The lowest BCUT2D eigenvalue weighted by Crippen LogP contribution is -2.44. The van der Waals surface area contributed by atoms with Gasteiger partial charge < -0.3 is 19.2 Å². The van der Waals surface area contributed by atoms with E-state index < -0.39 is 5.97 Å². The van der Waals surface area contributed by atoms with Crippen molar-refractivity contribution in [1.82, 2.24) is 10.2 Å². The second-order valence-electron chi connectivity index (χ2n) is 6.72. The van der Waals surface area contributed by atoms with Crippen molar-refractivity contribution < 1.29 is 23.5 Å². The van der Waals surface area contributed by atoms with E-state index in [1.807, 2.05) is 50.1 Å². The summed E-state index contributed by atoms with van der Waals surface area (Å²) in [4.78, 5) is 25.9. The van der Waals surface area contributed by atoms with Crippen molar-refractivity contribution in [2.75, 3.05) is 27.3 Å². The maximum atomic E-state index is 12.4. The van der Waals surface area contributed by atoms with Gasteiger partial charge in [0.1, 0.15) is 29.4 Å². The Bertz CT molecular complexity index is 815. The normalized spacial score (nSPS) is 11.9. The number of likely N-dealkylation sites (N-methyl/N-ethyl adjacent to an activating group) is 1. The molecule has 1 heterocycles. The van der Waals surface area contributed by atoms with Crippen LogP contribution in [0, 0.1) is 13.8 Å². The van der Waals surface area contributed by atoms with Crippen LogP contribution in [0.3, 0.4) is 0 Å². The third-order valence-corrected chi connectivity index (χ3v) is 4.48. The van der Waals surface area contributed by atoms with E-state index in [0.29, 0.717) is 36.8 Å². The topological polar surface area (TPSA) is 81.0 Å². The van der Waals surface area contributed by atoms with E-state index in [0.717, 1.165) is 11.3 Å². The smallest absolute Gasteiger partial charge is 0.341 e. The van der Waals surface area contributed by atoms with Crippen LogP contribution in [0.25, 0.3) is 0 Å². The van der Waals surface area contributed by atoms with Gasteiger partial charge in [0, 0.05) is 0 Å². The van der Waals surface area contributed by atoms with Crippen LogP contribution in [0.4, 0.5) is 0 Å². The Morgan fingerprint density at radius 1 is 1.25 bits per heavy atom. The molecule has 0 saturated heterocycles. The van der Waals surface area contributed by atoms with Crippen molar-refractivity contribution in [3.63, 3.8) is 0 Å². The molecular weight excluding hydrogens is 360 g/mol. The number of carbonyl (C=O) groups is 2. The van der Waals surface area contributed by atoms with Gasteiger partial charge in [-0.2, -0.15) is 0 Å². The third-order valence-electron chi connectivity index (χ3n) is 4.48. The third kappa shape index (κ3) is 5.85. The maximum absolute atomic E-state index is 12.4. The Kier molecular flexibility index (Phi) is 7.63. The molecule has 152 valence electrons. The lowest BCUT2D eigenvalue weighted by Gasteiger charge is -2.22. The van der Waals surface area contributed by atoms with Crippen LogP contribution in [0.5, 0.6) is 5.75 Å². The minimum Gasteiger partial charge on any atom is -0.492 e. The molecule has 0 saturated carbocycles. The molecule has 2 aromatic rings. The number of furan rings is 1. The van der Waals surface area contributed by atoms with Crippen molar-refractivity contribution in [1.29, 1.82) is 0 Å². The Hall–Kier alpha value is -2.80. The van der Waals surface area contributed by atoms with E-state index in [1.54, 1.807) is 13.0 Å².